The van der Waals surface area contributed by atoms with Crippen molar-refractivity contribution < 1.29 is 4.74 Å². The Morgan fingerprint density at radius 1 is 1.00 bits per heavy atom. The summed E-state index contributed by atoms with van der Waals surface area (Å²) in [6.45, 7) is 2.53. The van der Waals surface area contributed by atoms with Crippen LogP contribution < -0.4 is 10.5 Å². The Kier molecular flexibility index (Phi) is 4.12. The molecule has 4 heteroatoms. The van der Waals surface area contributed by atoms with Gasteiger partial charge in [-0.2, -0.15) is 0 Å². The molecule has 0 fully saturated rings. The number of hydrogen-bond donors (Lipinski definition) is 1. The Hall–Kier alpha value is -1.22. The van der Waals surface area contributed by atoms with Gasteiger partial charge in [-0.1, -0.05) is 29.3 Å². The highest BCUT2D eigenvalue weighted by atomic mass is 35.5. The first kappa shape index (κ1) is 13.2. The van der Waals surface area contributed by atoms with Crippen molar-refractivity contribution in [3.63, 3.8) is 0 Å². The molecule has 0 amide bonds. The lowest BCUT2D eigenvalue weighted by Gasteiger charge is -2.09. The molecule has 0 aliphatic heterocycles. The van der Waals surface area contributed by atoms with Gasteiger partial charge in [-0.25, -0.2) is 0 Å². The maximum Gasteiger partial charge on any atom is 0.129 e. The van der Waals surface area contributed by atoms with Crippen LogP contribution in [0.2, 0.25) is 10.0 Å². The van der Waals surface area contributed by atoms with Crippen LogP contribution >= 0.6 is 23.2 Å². The molecule has 0 radical (unpaired) electrons. The third-order valence-corrected chi connectivity index (χ3v) is 3.40. The highest BCUT2D eigenvalue weighted by Crippen LogP contribution is 2.30. The Labute approximate surface area is 116 Å². The highest BCUT2D eigenvalue weighted by molar-refractivity contribution is 6.42. The van der Waals surface area contributed by atoms with Crippen LogP contribution in [0.15, 0.2) is 36.4 Å². The summed E-state index contributed by atoms with van der Waals surface area (Å²) < 4.78 is 5.71. The van der Waals surface area contributed by atoms with E-state index in [1.165, 1.54) is 0 Å². The van der Waals surface area contributed by atoms with Crippen molar-refractivity contribution in [2.45, 2.75) is 13.5 Å². The van der Waals surface area contributed by atoms with Gasteiger partial charge in [0, 0.05) is 12.6 Å². The molecule has 0 saturated carbocycles. The lowest BCUT2D eigenvalue weighted by molar-refractivity contribution is 0.482. The molecule has 0 bridgehead atoms. The molecule has 0 spiro atoms. The summed E-state index contributed by atoms with van der Waals surface area (Å²) in [5.74, 6) is 1.41. The first-order valence-corrected chi connectivity index (χ1v) is 6.28. The van der Waals surface area contributed by atoms with Crippen molar-refractivity contribution in [3.8, 4) is 11.5 Å². The monoisotopic (exact) mass is 281 g/mol. The number of ether oxygens (including phenoxy) is 1. The second-order valence-electron chi connectivity index (χ2n) is 3.97. The van der Waals surface area contributed by atoms with Gasteiger partial charge in [0.1, 0.15) is 11.5 Å². The molecule has 2 rings (SSSR count). The Morgan fingerprint density at radius 3 is 2.28 bits per heavy atom. The minimum atomic E-state index is 0.476. The van der Waals surface area contributed by atoms with Crippen LogP contribution in [0.5, 0.6) is 11.5 Å². The fourth-order valence-corrected chi connectivity index (χ4v) is 1.93. The summed E-state index contributed by atoms with van der Waals surface area (Å²) in [7, 11) is 0. The fourth-order valence-electron chi connectivity index (χ4n) is 1.64. The van der Waals surface area contributed by atoms with E-state index in [2.05, 4.69) is 0 Å². The van der Waals surface area contributed by atoms with Crippen LogP contribution in [-0.2, 0) is 6.54 Å². The Bertz CT molecular complexity index is 570. The zero-order valence-electron chi connectivity index (χ0n) is 9.91. The molecule has 94 valence electrons. The SMILES string of the molecule is Cc1cc(Oc2ccc(Cl)c(Cl)c2)ccc1CN. The summed E-state index contributed by atoms with van der Waals surface area (Å²) in [5, 5.41) is 0.989. The van der Waals surface area contributed by atoms with Gasteiger partial charge in [0.2, 0.25) is 0 Å². The molecule has 0 saturated heterocycles. The molecule has 0 heterocycles. The first-order valence-electron chi connectivity index (χ1n) is 5.52. The number of rotatable bonds is 3. The van der Waals surface area contributed by atoms with E-state index >= 15 is 0 Å². The van der Waals surface area contributed by atoms with Crippen LogP contribution in [0.25, 0.3) is 0 Å². The molecule has 0 aromatic heterocycles. The molecule has 0 atom stereocenters. The van der Waals surface area contributed by atoms with Crippen molar-refractivity contribution in [2.24, 2.45) is 5.73 Å². The van der Waals surface area contributed by atoms with Crippen LogP contribution in [0.1, 0.15) is 11.1 Å². The maximum absolute atomic E-state index is 5.93. The number of aryl methyl sites for hydroxylation is 1. The summed E-state index contributed by atoms with van der Waals surface area (Å²) in [4.78, 5) is 0. The van der Waals surface area contributed by atoms with Gasteiger partial charge in [-0.3, -0.25) is 0 Å². The summed E-state index contributed by atoms with van der Waals surface area (Å²) >= 11 is 11.8. The second kappa shape index (κ2) is 5.61. The van der Waals surface area contributed by atoms with Crippen molar-refractivity contribution >= 4 is 23.2 Å². The van der Waals surface area contributed by atoms with Gasteiger partial charge in [-0.15, -0.1) is 0 Å². The lowest BCUT2D eigenvalue weighted by Crippen LogP contribution is -1.98. The molecular formula is C14H13Cl2NO. The van der Waals surface area contributed by atoms with Crippen LogP contribution in [0.3, 0.4) is 0 Å². The molecule has 2 nitrogen and oxygen atoms in total. The normalized spacial score (nSPS) is 10.4. The molecule has 0 aliphatic carbocycles. The molecule has 2 aromatic carbocycles. The van der Waals surface area contributed by atoms with Gasteiger partial charge >= 0.3 is 0 Å². The average Bonchev–Trinajstić information content (AvgIpc) is 2.34. The molecular weight excluding hydrogens is 269 g/mol. The fraction of sp³-hybridized carbons (Fsp3) is 0.143. The zero-order valence-corrected chi connectivity index (χ0v) is 11.4. The van der Waals surface area contributed by atoms with E-state index in [1.54, 1.807) is 18.2 Å². The third kappa shape index (κ3) is 2.96. The van der Waals surface area contributed by atoms with Gasteiger partial charge < -0.3 is 10.5 Å². The minimum absolute atomic E-state index is 0.476. The molecule has 0 unspecified atom stereocenters. The van der Waals surface area contributed by atoms with Gasteiger partial charge in [0.25, 0.3) is 0 Å². The van der Waals surface area contributed by atoms with Crippen molar-refractivity contribution in [2.75, 3.05) is 0 Å². The van der Waals surface area contributed by atoms with E-state index in [-0.39, 0.29) is 0 Å². The predicted octanol–water partition coefficient (Wildman–Crippen LogP) is 4.55. The summed E-state index contributed by atoms with van der Waals surface area (Å²) in [5.41, 5.74) is 7.83. The van der Waals surface area contributed by atoms with Gasteiger partial charge in [-0.05, 0) is 42.3 Å². The quantitative estimate of drug-likeness (QED) is 0.896. The van der Waals surface area contributed by atoms with E-state index < -0.39 is 0 Å². The second-order valence-corrected chi connectivity index (χ2v) is 4.78. The van der Waals surface area contributed by atoms with Gasteiger partial charge in [0.05, 0.1) is 10.0 Å². The molecule has 2 aromatic rings. The van der Waals surface area contributed by atoms with E-state index in [0.717, 1.165) is 16.9 Å². The topological polar surface area (TPSA) is 35.2 Å². The van der Waals surface area contributed by atoms with Crippen LogP contribution in [0, 0.1) is 6.92 Å². The van der Waals surface area contributed by atoms with E-state index in [1.807, 2.05) is 25.1 Å². The van der Waals surface area contributed by atoms with E-state index in [0.29, 0.717) is 22.3 Å². The minimum Gasteiger partial charge on any atom is -0.457 e. The largest absolute Gasteiger partial charge is 0.457 e. The van der Waals surface area contributed by atoms with Crippen LogP contribution in [0.4, 0.5) is 0 Å². The predicted molar refractivity (Wildman–Crippen MR) is 75.6 cm³/mol. The van der Waals surface area contributed by atoms with E-state index in [4.69, 9.17) is 33.7 Å². The zero-order chi connectivity index (χ0) is 13.1. The Morgan fingerprint density at radius 2 is 1.67 bits per heavy atom. The average molecular weight is 282 g/mol. The molecule has 0 aliphatic rings. The maximum atomic E-state index is 5.93. The van der Waals surface area contributed by atoms with Crippen LogP contribution in [-0.4, -0.2) is 0 Å². The summed E-state index contributed by atoms with van der Waals surface area (Å²) in [6.07, 6.45) is 0. The smallest absolute Gasteiger partial charge is 0.129 e. The van der Waals surface area contributed by atoms with Crippen molar-refractivity contribution in [1.82, 2.24) is 0 Å². The standard InChI is InChI=1S/C14H13Cl2NO/c1-9-6-11(3-2-10(9)8-17)18-12-4-5-13(15)14(16)7-12/h2-7H,8,17H2,1H3. The highest BCUT2D eigenvalue weighted by Gasteiger charge is 2.03. The van der Waals surface area contributed by atoms with Crippen molar-refractivity contribution in [3.05, 3.63) is 57.6 Å². The number of benzene rings is 2. The summed E-state index contributed by atoms with van der Waals surface area (Å²) in [6, 6.07) is 11.0. The molecule has 18 heavy (non-hydrogen) atoms. The number of halogens is 2. The lowest BCUT2D eigenvalue weighted by atomic mass is 10.1. The Balaban J connectivity index is 2.23. The van der Waals surface area contributed by atoms with E-state index in [9.17, 15) is 0 Å². The molecule has 2 N–H and O–H groups in total. The first-order chi connectivity index (χ1) is 8.60. The van der Waals surface area contributed by atoms with Crippen molar-refractivity contribution in [1.29, 1.82) is 0 Å². The number of nitrogens with two attached hydrogens (primary N) is 1. The third-order valence-electron chi connectivity index (χ3n) is 2.66. The number of hydrogen-bond acceptors (Lipinski definition) is 2. The van der Waals surface area contributed by atoms with Gasteiger partial charge in [0.15, 0.2) is 0 Å².